The number of hydrogen-bond acceptors (Lipinski definition) is 3. The van der Waals surface area contributed by atoms with Gasteiger partial charge in [-0.25, -0.2) is 0 Å². The van der Waals surface area contributed by atoms with Crippen LogP contribution in [0.25, 0.3) is 0 Å². The first-order valence-corrected chi connectivity index (χ1v) is 12.3. The van der Waals surface area contributed by atoms with Gasteiger partial charge in [0.25, 0.3) is 5.91 Å². The first-order chi connectivity index (χ1) is 15.5. The summed E-state index contributed by atoms with van der Waals surface area (Å²) in [5.74, 6) is -0.265. The fraction of sp³-hybridized carbons (Fsp3) is 0.593. The number of carbonyl (C=O) groups excluding carboxylic acids is 2. The third-order valence-corrected chi connectivity index (χ3v) is 7.21. The molecule has 0 bridgehead atoms. The maximum Gasteiger partial charge on any atom is 0.277 e. The lowest BCUT2D eigenvalue weighted by molar-refractivity contribution is -0.127. The maximum absolute atomic E-state index is 14.0. The number of aromatic nitrogens is 2. The van der Waals surface area contributed by atoms with Gasteiger partial charge in [0, 0.05) is 17.1 Å². The van der Waals surface area contributed by atoms with E-state index in [2.05, 4.69) is 26.1 Å². The van der Waals surface area contributed by atoms with Gasteiger partial charge in [-0.15, -0.1) is 0 Å². The normalized spacial score (nSPS) is 22.1. The fourth-order valence-corrected chi connectivity index (χ4v) is 5.05. The van der Waals surface area contributed by atoms with E-state index in [1.807, 2.05) is 45.0 Å². The zero-order valence-corrected chi connectivity index (χ0v) is 21.0. The number of amides is 2. The van der Waals surface area contributed by atoms with Gasteiger partial charge in [-0.05, 0) is 56.9 Å². The van der Waals surface area contributed by atoms with E-state index >= 15 is 0 Å². The topological polar surface area (TPSA) is 67.2 Å². The average molecular weight is 451 g/mol. The second-order valence-corrected chi connectivity index (χ2v) is 11.2. The quantitative estimate of drug-likeness (QED) is 0.665. The Hall–Kier alpha value is -2.63. The highest BCUT2D eigenvalue weighted by Crippen LogP contribution is 2.36. The summed E-state index contributed by atoms with van der Waals surface area (Å²) in [6, 6.07) is 8.13. The minimum Gasteiger partial charge on any atom is -0.351 e. The van der Waals surface area contributed by atoms with E-state index in [0.29, 0.717) is 12.2 Å². The van der Waals surface area contributed by atoms with E-state index in [1.54, 1.807) is 9.58 Å². The van der Waals surface area contributed by atoms with Crippen molar-refractivity contribution in [3.8, 4) is 0 Å². The van der Waals surface area contributed by atoms with Crippen LogP contribution in [-0.2, 0) is 16.8 Å². The summed E-state index contributed by atoms with van der Waals surface area (Å²) < 4.78 is 1.75. The van der Waals surface area contributed by atoms with Crippen molar-refractivity contribution in [3.63, 3.8) is 0 Å². The number of hydrogen-bond donors (Lipinski definition) is 1. The van der Waals surface area contributed by atoms with Crippen molar-refractivity contribution in [1.82, 2.24) is 15.1 Å². The van der Waals surface area contributed by atoms with Crippen LogP contribution in [-0.4, -0.2) is 33.2 Å². The third kappa shape index (κ3) is 4.44. The van der Waals surface area contributed by atoms with Crippen molar-refractivity contribution in [3.05, 3.63) is 46.8 Å². The maximum atomic E-state index is 14.0. The van der Waals surface area contributed by atoms with Crippen molar-refractivity contribution in [2.75, 3.05) is 4.90 Å². The summed E-state index contributed by atoms with van der Waals surface area (Å²) in [7, 11) is 0. The van der Waals surface area contributed by atoms with Gasteiger partial charge in [-0.2, -0.15) is 5.10 Å². The molecule has 0 unspecified atom stereocenters. The molecule has 2 aliphatic rings. The van der Waals surface area contributed by atoms with Crippen LogP contribution in [0.5, 0.6) is 0 Å². The molecule has 0 spiro atoms. The zero-order valence-electron chi connectivity index (χ0n) is 21.0. The Kier molecular flexibility index (Phi) is 6.14. The molecule has 178 valence electrons. The molecule has 2 amide bonds. The highest BCUT2D eigenvalue weighted by molar-refractivity contribution is 6.12. The Balaban J connectivity index is 1.79. The van der Waals surface area contributed by atoms with E-state index in [0.717, 1.165) is 48.2 Å². The van der Waals surface area contributed by atoms with Crippen molar-refractivity contribution in [1.29, 1.82) is 0 Å². The molecule has 0 radical (unpaired) electrons. The smallest absolute Gasteiger partial charge is 0.277 e. The Morgan fingerprint density at radius 1 is 1.09 bits per heavy atom. The monoisotopic (exact) mass is 450 g/mol. The van der Waals surface area contributed by atoms with E-state index in [9.17, 15) is 9.59 Å². The molecular weight excluding hydrogens is 412 g/mol. The van der Waals surface area contributed by atoms with Crippen LogP contribution in [0.15, 0.2) is 24.3 Å². The number of fused-ring (bicyclic) bond motifs is 1. The lowest BCUT2D eigenvalue weighted by Gasteiger charge is -2.44. The summed E-state index contributed by atoms with van der Waals surface area (Å²) in [5, 5.41) is 8.09. The SMILES string of the molecule is Cc1ccc(C)c(N2C(=O)c3cc(C(C)(C)C)nn3C[C@@]2(C)C(=O)NC2CCCCCC2)c1. The highest BCUT2D eigenvalue weighted by Gasteiger charge is 2.50. The van der Waals surface area contributed by atoms with Crippen molar-refractivity contribution in [2.45, 2.75) is 104 Å². The van der Waals surface area contributed by atoms with Gasteiger partial charge >= 0.3 is 0 Å². The van der Waals surface area contributed by atoms with Gasteiger partial charge in [0.05, 0.1) is 12.2 Å². The molecule has 1 N–H and O–H groups in total. The van der Waals surface area contributed by atoms with Gasteiger partial charge in [0.1, 0.15) is 11.2 Å². The summed E-state index contributed by atoms with van der Waals surface area (Å²) in [4.78, 5) is 29.6. The minimum atomic E-state index is -1.07. The standard InChI is InChI=1S/C27H38N4O2/c1-18-13-14-19(2)21(15-18)31-24(32)22-16-23(26(3,4)5)29-30(22)17-27(31,6)25(33)28-20-11-9-7-8-10-12-20/h13-16,20H,7-12,17H2,1-6H3,(H,28,33)/t27-/m0/s1. The van der Waals surface area contributed by atoms with Crippen LogP contribution >= 0.6 is 0 Å². The zero-order chi connectivity index (χ0) is 24.0. The van der Waals surface area contributed by atoms with Crippen molar-refractivity contribution >= 4 is 17.5 Å². The van der Waals surface area contributed by atoms with Gasteiger partial charge in [0.15, 0.2) is 0 Å². The number of benzene rings is 1. The molecule has 1 aliphatic carbocycles. The Morgan fingerprint density at radius 3 is 2.39 bits per heavy atom. The number of nitrogens with zero attached hydrogens (tertiary/aromatic N) is 3. The molecule has 1 saturated carbocycles. The Labute approximate surface area is 197 Å². The predicted molar refractivity (Wildman–Crippen MR) is 132 cm³/mol. The van der Waals surface area contributed by atoms with Crippen LogP contribution in [0.2, 0.25) is 0 Å². The highest BCUT2D eigenvalue weighted by atomic mass is 16.2. The first-order valence-electron chi connectivity index (χ1n) is 12.3. The largest absolute Gasteiger partial charge is 0.351 e. The molecule has 33 heavy (non-hydrogen) atoms. The van der Waals surface area contributed by atoms with Gasteiger partial charge in [0.2, 0.25) is 5.91 Å². The minimum absolute atomic E-state index is 0.0953. The van der Waals surface area contributed by atoms with Crippen LogP contribution in [0, 0.1) is 13.8 Å². The van der Waals surface area contributed by atoms with Crippen LogP contribution in [0.4, 0.5) is 5.69 Å². The number of aryl methyl sites for hydroxylation is 2. The molecule has 0 saturated heterocycles. The molecule has 1 fully saturated rings. The van der Waals surface area contributed by atoms with Crippen LogP contribution in [0.1, 0.15) is 93.5 Å². The summed E-state index contributed by atoms with van der Waals surface area (Å²) in [5.41, 5.74) is 2.98. The number of anilines is 1. The fourth-order valence-electron chi connectivity index (χ4n) is 5.05. The molecule has 1 aromatic carbocycles. The number of carbonyl (C=O) groups is 2. The number of rotatable bonds is 3. The lowest BCUT2D eigenvalue weighted by Crippen LogP contribution is -2.65. The Morgan fingerprint density at radius 2 is 1.76 bits per heavy atom. The molecule has 1 aromatic heterocycles. The van der Waals surface area contributed by atoms with Gasteiger partial charge < -0.3 is 5.32 Å². The van der Waals surface area contributed by atoms with E-state index in [-0.39, 0.29) is 23.3 Å². The Bertz CT molecular complexity index is 1060. The molecular formula is C27H38N4O2. The molecule has 1 aliphatic heterocycles. The van der Waals surface area contributed by atoms with E-state index in [4.69, 9.17) is 5.10 Å². The molecule has 2 heterocycles. The van der Waals surface area contributed by atoms with E-state index < -0.39 is 5.54 Å². The van der Waals surface area contributed by atoms with Gasteiger partial charge in [-0.3, -0.25) is 19.2 Å². The van der Waals surface area contributed by atoms with E-state index in [1.165, 1.54) is 12.8 Å². The van der Waals surface area contributed by atoms with Gasteiger partial charge in [-0.1, -0.05) is 58.6 Å². The van der Waals surface area contributed by atoms with Crippen LogP contribution < -0.4 is 10.2 Å². The second-order valence-electron chi connectivity index (χ2n) is 11.2. The third-order valence-electron chi connectivity index (χ3n) is 7.21. The molecule has 6 heteroatoms. The lowest BCUT2D eigenvalue weighted by atomic mass is 9.90. The molecule has 1 atom stereocenters. The number of nitrogens with one attached hydrogen (secondary N) is 1. The second kappa shape index (κ2) is 8.62. The van der Waals surface area contributed by atoms with Crippen molar-refractivity contribution in [2.24, 2.45) is 0 Å². The average Bonchev–Trinajstić information content (AvgIpc) is 3.01. The molecule has 4 rings (SSSR count). The summed E-state index contributed by atoms with van der Waals surface area (Å²) >= 11 is 0. The summed E-state index contributed by atoms with van der Waals surface area (Å²) in [6.07, 6.45) is 6.73. The predicted octanol–water partition coefficient (Wildman–Crippen LogP) is 5.06. The summed E-state index contributed by atoms with van der Waals surface area (Å²) in [6.45, 7) is 12.5. The molecule has 2 aromatic rings. The first kappa shape index (κ1) is 23.5. The molecule has 6 nitrogen and oxygen atoms in total. The van der Waals surface area contributed by atoms with Crippen LogP contribution in [0.3, 0.4) is 0 Å². The van der Waals surface area contributed by atoms with Crippen molar-refractivity contribution < 1.29 is 9.59 Å².